The molecule has 0 N–H and O–H groups in total. The predicted molar refractivity (Wildman–Crippen MR) is 58.1 cm³/mol. The molecule has 0 amide bonds. The number of hydrogen-bond donors (Lipinski definition) is 0. The molecule has 80 valence electrons. The summed E-state index contributed by atoms with van der Waals surface area (Å²) in [5.41, 5.74) is 1.05. The van der Waals surface area contributed by atoms with Crippen molar-refractivity contribution in [2.45, 2.75) is 26.4 Å². The summed E-state index contributed by atoms with van der Waals surface area (Å²) in [6.45, 7) is 2.36. The highest BCUT2D eigenvalue weighted by Gasteiger charge is 2.33. The fourth-order valence-electron chi connectivity index (χ4n) is 1.65. The molecule has 1 aromatic carbocycles. The van der Waals surface area contributed by atoms with Crippen LogP contribution in [0.2, 0.25) is 0 Å². The van der Waals surface area contributed by atoms with Crippen molar-refractivity contribution in [3.8, 4) is 0 Å². The molecule has 2 nitrogen and oxygen atoms in total. The standard InChI is InChI=1S/C13H16O2/c1-10(12-7-8-12)13(14)15-9-11-5-3-2-4-6-11/h2-6,10,12H,7-9H2,1H3. The second-order valence-electron chi connectivity index (χ2n) is 4.22. The molecule has 1 atom stereocenters. The van der Waals surface area contributed by atoms with Gasteiger partial charge in [0.15, 0.2) is 0 Å². The Bertz CT molecular complexity index is 328. The SMILES string of the molecule is CC(C(=O)OCc1ccccc1)C1CC1. The summed E-state index contributed by atoms with van der Waals surface area (Å²) in [6, 6.07) is 9.79. The topological polar surface area (TPSA) is 26.3 Å². The quantitative estimate of drug-likeness (QED) is 0.705. The van der Waals surface area contributed by atoms with Crippen molar-refractivity contribution in [2.24, 2.45) is 11.8 Å². The minimum absolute atomic E-state index is 0.0543. The van der Waals surface area contributed by atoms with Gasteiger partial charge < -0.3 is 4.74 Å². The molecule has 1 aliphatic rings. The van der Waals surface area contributed by atoms with Crippen LogP contribution in [0.3, 0.4) is 0 Å². The molecule has 2 heteroatoms. The molecular formula is C13H16O2. The van der Waals surface area contributed by atoms with E-state index in [1.54, 1.807) is 0 Å². The van der Waals surface area contributed by atoms with Gasteiger partial charge in [0, 0.05) is 0 Å². The molecule has 1 saturated carbocycles. The Labute approximate surface area is 90.3 Å². The zero-order valence-corrected chi connectivity index (χ0v) is 8.98. The lowest BCUT2D eigenvalue weighted by atomic mass is 10.1. The summed E-state index contributed by atoms with van der Waals surface area (Å²) in [5.74, 6) is 0.600. The van der Waals surface area contributed by atoms with Crippen LogP contribution in [-0.4, -0.2) is 5.97 Å². The van der Waals surface area contributed by atoms with Gasteiger partial charge in [0.25, 0.3) is 0 Å². The van der Waals surface area contributed by atoms with Crippen LogP contribution in [0, 0.1) is 11.8 Å². The number of hydrogen-bond acceptors (Lipinski definition) is 2. The van der Waals surface area contributed by atoms with Crippen LogP contribution in [0.25, 0.3) is 0 Å². The van der Waals surface area contributed by atoms with Gasteiger partial charge in [-0.3, -0.25) is 4.79 Å². The molecule has 0 heterocycles. The fourth-order valence-corrected chi connectivity index (χ4v) is 1.65. The predicted octanol–water partition coefficient (Wildman–Crippen LogP) is 2.78. The summed E-state index contributed by atoms with van der Waals surface area (Å²) in [7, 11) is 0. The van der Waals surface area contributed by atoms with Crippen LogP contribution >= 0.6 is 0 Å². The van der Waals surface area contributed by atoms with Crippen LogP contribution in [0.1, 0.15) is 25.3 Å². The molecule has 1 fully saturated rings. The number of benzene rings is 1. The second-order valence-corrected chi connectivity index (χ2v) is 4.22. The van der Waals surface area contributed by atoms with E-state index in [0.717, 1.165) is 5.56 Å². The van der Waals surface area contributed by atoms with E-state index in [9.17, 15) is 4.79 Å². The monoisotopic (exact) mass is 204 g/mol. The first-order valence-electron chi connectivity index (χ1n) is 5.48. The Morgan fingerprint density at radius 2 is 2.07 bits per heavy atom. The van der Waals surface area contributed by atoms with Gasteiger partial charge in [-0.15, -0.1) is 0 Å². The van der Waals surface area contributed by atoms with Crippen molar-refractivity contribution < 1.29 is 9.53 Å². The van der Waals surface area contributed by atoms with Gasteiger partial charge in [-0.05, 0) is 24.3 Å². The lowest BCUT2D eigenvalue weighted by Gasteiger charge is -2.09. The fraction of sp³-hybridized carbons (Fsp3) is 0.462. The molecule has 15 heavy (non-hydrogen) atoms. The first kappa shape index (κ1) is 10.2. The molecule has 0 aliphatic heterocycles. The van der Waals surface area contributed by atoms with Crippen LogP contribution < -0.4 is 0 Å². The molecule has 1 unspecified atom stereocenters. The molecular weight excluding hydrogens is 188 g/mol. The summed E-state index contributed by atoms with van der Waals surface area (Å²) in [6.07, 6.45) is 2.36. The highest BCUT2D eigenvalue weighted by molar-refractivity contribution is 5.72. The average Bonchev–Trinajstić information content (AvgIpc) is 3.10. The molecule has 1 aliphatic carbocycles. The summed E-state index contributed by atoms with van der Waals surface area (Å²) >= 11 is 0. The van der Waals surface area contributed by atoms with Crippen LogP contribution in [0.15, 0.2) is 30.3 Å². The second kappa shape index (κ2) is 4.47. The summed E-state index contributed by atoms with van der Waals surface area (Å²) in [5, 5.41) is 0. The first-order chi connectivity index (χ1) is 7.27. The van der Waals surface area contributed by atoms with Crippen molar-refractivity contribution in [1.29, 1.82) is 0 Å². The smallest absolute Gasteiger partial charge is 0.309 e. The largest absolute Gasteiger partial charge is 0.461 e. The molecule has 2 rings (SSSR count). The van der Waals surface area contributed by atoms with Crippen molar-refractivity contribution in [1.82, 2.24) is 0 Å². The Morgan fingerprint density at radius 1 is 1.40 bits per heavy atom. The maximum atomic E-state index is 11.6. The lowest BCUT2D eigenvalue weighted by molar-refractivity contribution is -0.150. The van der Waals surface area contributed by atoms with Gasteiger partial charge in [0.1, 0.15) is 6.61 Å². The highest BCUT2D eigenvalue weighted by atomic mass is 16.5. The van der Waals surface area contributed by atoms with Crippen LogP contribution in [0.5, 0.6) is 0 Å². The minimum Gasteiger partial charge on any atom is -0.461 e. The highest BCUT2D eigenvalue weighted by Crippen LogP contribution is 2.37. The number of esters is 1. The Balaban J connectivity index is 1.80. The first-order valence-corrected chi connectivity index (χ1v) is 5.48. The maximum Gasteiger partial charge on any atom is 0.309 e. The number of carbonyl (C=O) groups is 1. The molecule has 0 bridgehead atoms. The van der Waals surface area contributed by atoms with Crippen LogP contribution in [0.4, 0.5) is 0 Å². The van der Waals surface area contributed by atoms with E-state index in [1.807, 2.05) is 37.3 Å². The zero-order valence-electron chi connectivity index (χ0n) is 8.98. The van der Waals surface area contributed by atoms with Crippen molar-refractivity contribution >= 4 is 5.97 Å². The normalized spacial score (nSPS) is 17.1. The number of carbonyl (C=O) groups excluding carboxylic acids is 1. The van der Waals surface area contributed by atoms with Gasteiger partial charge >= 0.3 is 5.97 Å². The van der Waals surface area contributed by atoms with Gasteiger partial charge in [-0.2, -0.15) is 0 Å². The number of ether oxygens (including phenoxy) is 1. The molecule has 0 spiro atoms. The molecule has 0 radical (unpaired) electrons. The van der Waals surface area contributed by atoms with Gasteiger partial charge in [0.05, 0.1) is 5.92 Å². The zero-order chi connectivity index (χ0) is 10.7. The van der Waals surface area contributed by atoms with E-state index in [1.165, 1.54) is 12.8 Å². The molecule has 0 aromatic heterocycles. The lowest BCUT2D eigenvalue weighted by Crippen LogP contribution is -2.16. The van der Waals surface area contributed by atoms with Crippen molar-refractivity contribution in [2.75, 3.05) is 0 Å². The van der Waals surface area contributed by atoms with Crippen molar-refractivity contribution in [3.63, 3.8) is 0 Å². The van der Waals surface area contributed by atoms with E-state index >= 15 is 0 Å². The Morgan fingerprint density at radius 3 is 2.67 bits per heavy atom. The van der Waals surface area contributed by atoms with Crippen molar-refractivity contribution in [3.05, 3.63) is 35.9 Å². The van der Waals surface area contributed by atoms with E-state index in [0.29, 0.717) is 12.5 Å². The van der Waals surface area contributed by atoms with E-state index < -0.39 is 0 Å². The van der Waals surface area contributed by atoms with Gasteiger partial charge in [-0.25, -0.2) is 0 Å². The minimum atomic E-state index is -0.0543. The maximum absolute atomic E-state index is 11.6. The Kier molecular flexibility index (Phi) is 3.05. The summed E-state index contributed by atoms with van der Waals surface area (Å²) in [4.78, 5) is 11.6. The Hall–Kier alpha value is -1.31. The summed E-state index contributed by atoms with van der Waals surface area (Å²) < 4.78 is 5.25. The van der Waals surface area contributed by atoms with E-state index in [-0.39, 0.29) is 11.9 Å². The third kappa shape index (κ3) is 2.82. The molecule has 1 aromatic rings. The van der Waals surface area contributed by atoms with Gasteiger partial charge in [-0.1, -0.05) is 37.3 Å². The van der Waals surface area contributed by atoms with Crippen LogP contribution in [-0.2, 0) is 16.1 Å². The molecule has 0 saturated heterocycles. The van der Waals surface area contributed by atoms with Gasteiger partial charge in [0.2, 0.25) is 0 Å². The third-order valence-corrected chi connectivity index (χ3v) is 2.92. The van der Waals surface area contributed by atoms with E-state index in [2.05, 4.69) is 0 Å². The van der Waals surface area contributed by atoms with E-state index in [4.69, 9.17) is 4.74 Å². The average molecular weight is 204 g/mol. The third-order valence-electron chi connectivity index (χ3n) is 2.92. The number of rotatable bonds is 4.